The van der Waals surface area contributed by atoms with Crippen molar-refractivity contribution in [2.24, 2.45) is 0 Å². The summed E-state index contributed by atoms with van der Waals surface area (Å²) in [7, 11) is 0. The van der Waals surface area contributed by atoms with Crippen molar-refractivity contribution in [2.45, 2.75) is 32.4 Å². The number of aryl methyl sites for hydroxylation is 1. The third kappa shape index (κ3) is 2.18. The van der Waals surface area contributed by atoms with E-state index in [2.05, 4.69) is 15.1 Å². The molecule has 2 aromatic heterocycles. The van der Waals surface area contributed by atoms with E-state index in [1.165, 1.54) is 29.9 Å². The number of carbonyl (C=O) groups excluding carboxylic acids is 1. The molecular formula is C13H15N3OS. The molecule has 2 aromatic rings. The van der Waals surface area contributed by atoms with Crippen LogP contribution in [0, 0.1) is 0 Å². The second-order valence-electron chi connectivity index (χ2n) is 4.49. The Morgan fingerprint density at radius 3 is 3.28 bits per heavy atom. The Hall–Kier alpha value is -1.62. The normalized spacial score (nSPS) is 14.2. The summed E-state index contributed by atoms with van der Waals surface area (Å²) in [5.74, 6) is -0.00740. The van der Waals surface area contributed by atoms with Crippen LogP contribution in [0.2, 0.25) is 0 Å². The van der Waals surface area contributed by atoms with Crippen molar-refractivity contribution in [3.05, 3.63) is 39.8 Å². The first-order valence-electron chi connectivity index (χ1n) is 6.18. The van der Waals surface area contributed by atoms with Gasteiger partial charge >= 0.3 is 0 Å². The van der Waals surface area contributed by atoms with Gasteiger partial charge in [0.05, 0.1) is 6.20 Å². The number of aromatic nitrogens is 2. The van der Waals surface area contributed by atoms with Crippen LogP contribution in [0.3, 0.4) is 0 Å². The van der Waals surface area contributed by atoms with Crippen molar-refractivity contribution in [2.75, 3.05) is 0 Å². The van der Waals surface area contributed by atoms with Crippen LogP contribution in [0.15, 0.2) is 23.0 Å². The molecule has 0 aromatic carbocycles. The molecule has 0 unspecified atom stereocenters. The Labute approximate surface area is 110 Å². The summed E-state index contributed by atoms with van der Waals surface area (Å²) in [6.45, 7) is 1.58. The number of hydrogen-bond donors (Lipinski definition) is 1. The minimum atomic E-state index is -0.00740. The number of hydrogen-bond acceptors (Lipinski definition) is 3. The van der Waals surface area contributed by atoms with Crippen molar-refractivity contribution in [3.8, 4) is 0 Å². The van der Waals surface area contributed by atoms with Gasteiger partial charge in [0.1, 0.15) is 0 Å². The van der Waals surface area contributed by atoms with Gasteiger partial charge in [-0.1, -0.05) is 0 Å². The highest BCUT2D eigenvalue weighted by Crippen LogP contribution is 2.18. The van der Waals surface area contributed by atoms with Crippen LogP contribution in [0.25, 0.3) is 0 Å². The molecule has 4 nitrogen and oxygen atoms in total. The van der Waals surface area contributed by atoms with Gasteiger partial charge in [-0.3, -0.25) is 9.48 Å². The molecule has 1 amide bonds. The summed E-state index contributed by atoms with van der Waals surface area (Å²) in [5.41, 5.74) is 3.17. The van der Waals surface area contributed by atoms with Crippen molar-refractivity contribution in [3.63, 3.8) is 0 Å². The van der Waals surface area contributed by atoms with Crippen LogP contribution in [0.5, 0.6) is 0 Å². The number of thiophene rings is 1. The van der Waals surface area contributed by atoms with E-state index < -0.39 is 0 Å². The third-order valence-corrected chi connectivity index (χ3v) is 3.97. The number of carbonyl (C=O) groups is 1. The second-order valence-corrected chi connectivity index (χ2v) is 5.27. The van der Waals surface area contributed by atoms with Crippen LogP contribution in [-0.4, -0.2) is 15.7 Å². The Balaban J connectivity index is 1.67. The highest BCUT2D eigenvalue weighted by atomic mass is 32.1. The molecule has 1 aliphatic heterocycles. The van der Waals surface area contributed by atoms with Crippen molar-refractivity contribution >= 4 is 17.2 Å². The van der Waals surface area contributed by atoms with Gasteiger partial charge < -0.3 is 5.32 Å². The SMILES string of the molecule is O=C(NCc1cnn2c1CCCC2)c1ccsc1. The molecule has 0 aliphatic carbocycles. The number of nitrogens with zero attached hydrogens (tertiary/aromatic N) is 2. The van der Waals surface area contributed by atoms with Gasteiger partial charge in [-0.15, -0.1) is 0 Å². The molecule has 1 N–H and O–H groups in total. The van der Waals surface area contributed by atoms with E-state index >= 15 is 0 Å². The van der Waals surface area contributed by atoms with Gasteiger partial charge in [0.15, 0.2) is 0 Å². The van der Waals surface area contributed by atoms with Crippen molar-refractivity contribution in [1.82, 2.24) is 15.1 Å². The predicted octanol–water partition coefficient (Wildman–Crippen LogP) is 2.21. The van der Waals surface area contributed by atoms with Crippen LogP contribution in [-0.2, 0) is 19.5 Å². The second kappa shape index (κ2) is 4.94. The molecule has 0 saturated carbocycles. The van der Waals surface area contributed by atoms with Gasteiger partial charge in [0, 0.05) is 35.3 Å². The van der Waals surface area contributed by atoms with Gasteiger partial charge in [-0.25, -0.2) is 0 Å². The van der Waals surface area contributed by atoms with Gasteiger partial charge in [0.2, 0.25) is 0 Å². The highest BCUT2D eigenvalue weighted by molar-refractivity contribution is 7.08. The minimum Gasteiger partial charge on any atom is -0.348 e. The van der Waals surface area contributed by atoms with Crippen LogP contribution < -0.4 is 5.32 Å². The van der Waals surface area contributed by atoms with E-state index in [0.717, 1.165) is 24.1 Å². The Bertz CT molecular complexity index is 545. The summed E-state index contributed by atoms with van der Waals surface area (Å²) in [4.78, 5) is 11.8. The van der Waals surface area contributed by atoms with Gasteiger partial charge in [0.25, 0.3) is 5.91 Å². The molecule has 0 bridgehead atoms. The van der Waals surface area contributed by atoms with E-state index in [1.54, 1.807) is 0 Å². The molecule has 1 aliphatic rings. The molecule has 0 fully saturated rings. The fourth-order valence-electron chi connectivity index (χ4n) is 2.30. The first-order chi connectivity index (χ1) is 8.84. The topological polar surface area (TPSA) is 46.9 Å². The van der Waals surface area contributed by atoms with Crippen LogP contribution in [0.1, 0.15) is 34.5 Å². The molecule has 0 spiro atoms. The van der Waals surface area contributed by atoms with E-state index in [9.17, 15) is 4.79 Å². The van der Waals surface area contributed by atoms with Gasteiger partial charge in [-0.05, 0) is 30.7 Å². The summed E-state index contributed by atoms with van der Waals surface area (Å²) >= 11 is 1.54. The standard InChI is InChI=1S/C13H15N3OS/c17-13(10-4-6-18-9-10)14-7-11-8-15-16-5-2-1-3-12(11)16/h4,6,8-9H,1-3,5,7H2,(H,14,17). The van der Waals surface area contributed by atoms with Crippen molar-refractivity contribution in [1.29, 1.82) is 0 Å². The fraction of sp³-hybridized carbons (Fsp3) is 0.385. The minimum absolute atomic E-state index is 0.00740. The Morgan fingerprint density at radius 2 is 2.44 bits per heavy atom. The number of fused-ring (bicyclic) bond motifs is 1. The Kier molecular flexibility index (Phi) is 3.15. The maximum absolute atomic E-state index is 11.8. The maximum atomic E-state index is 11.8. The monoisotopic (exact) mass is 261 g/mol. The summed E-state index contributed by atoms with van der Waals surface area (Å²) < 4.78 is 2.07. The van der Waals surface area contributed by atoms with Crippen LogP contribution in [0.4, 0.5) is 0 Å². The summed E-state index contributed by atoms with van der Waals surface area (Å²) in [5, 5.41) is 11.1. The van der Waals surface area contributed by atoms with E-state index in [0.29, 0.717) is 6.54 Å². The molecule has 0 saturated heterocycles. The quantitative estimate of drug-likeness (QED) is 0.920. The lowest BCUT2D eigenvalue weighted by molar-refractivity contribution is 0.0951. The highest BCUT2D eigenvalue weighted by Gasteiger charge is 2.15. The zero-order valence-corrected chi connectivity index (χ0v) is 10.9. The smallest absolute Gasteiger partial charge is 0.252 e. The molecule has 5 heteroatoms. The molecule has 3 heterocycles. The maximum Gasteiger partial charge on any atom is 0.252 e. The molecule has 18 heavy (non-hydrogen) atoms. The van der Waals surface area contributed by atoms with Crippen molar-refractivity contribution < 1.29 is 4.79 Å². The van der Waals surface area contributed by atoms with E-state index in [1.807, 2.05) is 23.0 Å². The largest absolute Gasteiger partial charge is 0.348 e. The zero-order chi connectivity index (χ0) is 12.4. The first-order valence-corrected chi connectivity index (χ1v) is 7.13. The van der Waals surface area contributed by atoms with Gasteiger partial charge in [-0.2, -0.15) is 16.4 Å². The Morgan fingerprint density at radius 1 is 1.50 bits per heavy atom. The molecule has 3 rings (SSSR count). The molecule has 0 radical (unpaired) electrons. The fourth-order valence-corrected chi connectivity index (χ4v) is 2.94. The first kappa shape index (κ1) is 11.5. The average molecular weight is 261 g/mol. The average Bonchev–Trinajstić information content (AvgIpc) is 3.06. The molecule has 94 valence electrons. The zero-order valence-electron chi connectivity index (χ0n) is 10.1. The summed E-state index contributed by atoms with van der Waals surface area (Å²) in [6, 6.07) is 1.84. The van der Waals surface area contributed by atoms with Crippen LogP contribution >= 0.6 is 11.3 Å². The molecular weight excluding hydrogens is 246 g/mol. The lowest BCUT2D eigenvalue weighted by atomic mass is 10.1. The van der Waals surface area contributed by atoms with E-state index in [-0.39, 0.29) is 5.91 Å². The molecule has 0 atom stereocenters. The number of rotatable bonds is 3. The lowest BCUT2D eigenvalue weighted by Gasteiger charge is -2.14. The lowest BCUT2D eigenvalue weighted by Crippen LogP contribution is -2.23. The number of nitrogens with one attached hydrogen (secondary N) is 1. The number of amides is 1. The summed E-state index contributed by atoms with van der Waals surface area (Å²) in [6.07, 6.45) is 5.38. The third-order valence-electron chi connectivity index (χ3n) is 3.29. The van der Waals surface area contributed by atoms with E-state index in [4.69, 9.17) is 0 Å². The predicted molar refractivity (Wildman–Crippen MR) is 70.7 cm³/mol.